The van der Waals surface area contributed by atoms with E-state index >= 15 is 0 Å². The van der Waals surface area contributed by atoms with Crippen LogP contribution in [0.3, 0.4) is 0 Å². The normalized spacial score (nSPS) is 13.7. The summed E-state index contributed by atoms with van der Waals surface area (Å²) in [6, 6.07) is 4.69. The summed E-state index contributed by atoms with van der Waals surface area (Å²) >= 11 is 0. The Balaban J connectivity index is 3.12. The third-order valence-corrected chi connectivity index (χ3v) is 5.76. The third-order valence-electron chi connectivity index (χ3n) is 5.76. The fourth-order valence-corrected chi connectivity index (χ4v) is 3.84. The fraction of sp³-hybridized carbons (Fsp3) is 0.667. The van der Waals surface area contributed by atoms with Gasteiger partial charge in [0.15, 0.2) is 0 Å². The first-order chi connectivity index (χ1) is 13.8. The molecule has 0 aliphatic carbocycles. The van der Waals surface area contributed by atoms with E-state index in [2.05, 4.69) is 91.2 Å². The van der Waals surface area contributed by atoms with Crippen molar-refractivity contribution in [3.05, 3.63) is 34.4 Å². The Morgan fingerprint density at radius 1 is 0.667 bits per heavy atom. The molecule has 0 aliphatic rings. The van der Waals surface area contributed by atoms with Crippen molar-refractivity contribution in [3.63, 3.8) is 0 Å². The first-order valence-corrected chi connectivity index (χ1v) is 11.9. The minimum Gasteiger partial charge on any atom is -0.101 e. The van der Waals surface area contributed by atoms with Crippen LogP contribution in [0.25, 0.3) is 0 Å². The molecule has 30 heavy (non-hydrogen) atoms. The lowest BCUT2D eigenvalue weighted by atomic mass is 9.82. The Hall–Kier alpha value is -1.66. The SMILES string of the molecule is CC#Cc1cc(CC(C)CCC(C)(C)C)c(C#CC)cc1CC(C)CCC(C)(C)C. The second-order valence-corrected chi connectivity index (χ2v) is 11.7. The van der Waals surface area contributed by atoms with Crippen LogP contribution in [0.1, 0.15) is 117 Å². The lowest BCUT2D eigenvalue weighted by molar-refractivity contribution is 0.329. The zero-order valence-corrected chi connectivity index (χ0v) is 21.6. The lowest BCUT2D eigenvalue weighted by Gasteiger charge is -2.23. The van der Waals surface area contributed by atoms with Crippen LogP contribution in [-0.4, -0.2) is 0 Å². The van der Waals surface area contributed by atoms with Gasteiger partial charge in [0.05, 0.1) is 0 Å². The molecule has 0 saturated heterocycles. The zero-order chi connectivity index (χ0) is 22.9. The molecule has 1 aromatic rings. The molecule has 0 saturated carbocycles. The maximum absolute atomic E-state index is 3.39. The van der Waals surface area contributed by atoms with E-state index in [1.54, 1.807) is 0 Å². The maximum atomic E-state index is 3.39. The topological polar surface area (TPSA) is 0 Å². The molecule has 1 aromatic carbocycles. The van der Waals surface area contributed by atoms with Gasteiger partial charge < -0.3 is 0 Å². The smallest absolute Gasteiger partial charge is 0.0280 e. The van der Waals surface area contributed by atoms with Gasteiger partial charge >= 0.3 is 0 Å². The van der Waals surface area contributed by atoms with E-state index in [9.17, 15) is 0 Å². The highest BCUT2D eigenvalue weighted by Crippen LogP contribution is 2.29. The minimum atomic E-state index is 0.395. The molecule has 166 valence electrons. The van der Waals surface area contributed by atoms with Crippen molar-refractivity contribution >= 4 is 0 Å². The van der Waals surface area contributed by atoms with Crippen LogP contribution in [0, 0.1) is 46.3 Å². The van der Waals surface area contributed by atoms with Crippen LogP contribution in [0.5, 0.6) is 0 Å². The molecule has 0 radical (unpaired) electrons. The number of benzene rings is 1. The highest BCUT2D eigenvalue weighted by Gasteiger charge is 2.17. The van der Waals surface area contributed by atoms with Gasteiger partial charge in [-0.2, -0.15) is 0 Å². The van der Waals surface area contributed by atoms with Gasteiger partial charge in [-0.25, -0.2) is 0 Å². The van der Waals surface area contributed by atoms with Crippen molar-refractivity contribution < 1.29 is 0 Å². The number of hydrogen-bond acceptors (Lipinski definition) is 0. The summed E-state index contributed by atoms with van der Waals surface area (Å²) in [6.45, 7) is 22.6. The average molecular weight is 407 g/mol. The summed E-state index contributed by atoms with van der Waals surface area (Å²) in [5, 5.41) is 0. The average Bonchev–Trinajstić information content (AvgIpc) is 2.61. The summed E-state index contributed by atoms with van der Waals surface area (Å²) in [4.78, 5) is 0. The van der Waals surface area contributed by atoms with Gasteiger partial charge in [0.2, 0.25) is 0 Å². The maximum Gasteiger partial charge on any atom is 0.0280 e. The van der Waals surface area contributed by atoms with Gasteiger partial charge in [0, 0.05) is 11.1 Å². The molecule has 2 atom stereocenters. The van der Waals surface area contributed by atoms with Crippen molar-refractivity contribution in [2.45, 2.75) is 108 Å². The first-order valence-electron chi connectivity index (χ1n) is 11.9. The Bertz CT molecular complexity index is 717. The van der Waals surface area contributed by atoms with E-state index in [-0.39, 0.29) is 0 Å². The molecule has 0 spiro atoms. The minimum absolute atomic E-state index is 0.395. The zero-order valence-electron chi connectivity index (χ0n) is 21.6. The Morgan fingerprint density at radius 3 is 1.27 bits per heavy atom. The second-order valence-electron chi connectivity index (χ2n) is 11.7. The van der Waals surface area contributed by atoms with Gasteiger partial charge in [-0.05, 0) is 98.3 Å². The van der Waals surface area contributed by atoms with Gasteiger partial charge in [-0.15, -0.1) is 11.8 Å². The van der Waals surface area contributed by atoms with E-state index in [0.29, 0.717) is 22.7 Å². The van der Waals surface area contributed by atoms with Crippen molar-refractivity contribution in [3.8, 4) is 23.7 Å². The van der Waals surface area contributed by atoms with Crippen LogP contribution in [0.4, 0.5) is 0 Å². The Kier molecular flexibility index (Phi) is 10.2. The highest BCUT2D eigenvalue weighted by atomic mass is 14.2. The summed E-state index contributed by atoms with van der Waals surface area (Å²) in [5.41, 5.74) is 5.95. The second kappa shape index (κ2) is 11.7. The Labute approximate surface area is 188 Å². The Morgan fingerprint density at radius 2 is 1.00 bits per heavy atom. The van der Waals surface area contributed by atoms with Crippen molar-refractivity contribution in [1.82, 2.24) is 0 Å². The van der Waals surface area contributed by atoms with Crippen LogP contribution in [0.15, 0.2) is 12.1 Å². The molecule has 2 unspecified atom stereocenters. The van der Waals surface area contributed by atoms with Crippen LogP contribution in [-0.2, 0) is 12.8 Å². The van der Waals surface area contributed by atoms with Gasteiger partial charge in [0.1, 0.15) is 0 Å². The summed E-state index contributed by atoms with van der Waals surface area (Å²) in [5.74, 6) is 14.4. The molecule has 0 heteroatoms. The first kappa shape index (κ1) is 26.4. The molecule has 1 rings (SSSR count). The summed E-state index contributed by atoms with van der Waals surface area (Å²) in [6.07, 6.45) is 7.18. The molecule has 0 bridgehead atoms. The largest absolute Gasteiger partial charge is 0.101 e. The quantitative estimate of drug-likeness (QED) is 0.380. The van der Waals surface area contributed by atoms with Gasteiger partial charge in [-0.3, -0.25) is 0 Å². The van der Waals surface area contributed by atoms with Crippen LogP contribution in [0.2, 0.25) is 0 Å². The van der Waals surface area contributed by atoms with E-state index in [1.807, 2.05) is 13.8 Å². The lowest BCUT2D eigenvalue weighted by Crippen LogP contribution is -2.11. The molecular formula is C30H46. The van der Waals surface area contributed by atoms with Crippen molar-refractivity contribution in [1.29, 1.82) is 0 Å². The van der Waals surface area contributed by atoms with Crippen molar-refractivity contribution in [2.24, 2.45) is 22.7 Å². The molecule has 0 N–H and O–H groups in total. The van der Waals surface area contributed by atoms with E-state index in [0.717, 1.165) is 12.8 Å². The molecule has 0 fully saturated rings. The standard InChI is InChI=1S/C30H46/c1-11-13-25-21-28(20-24(4)16-18-30(8,9)10)26(14-12-2)22-27(25)19-23(3)15-17-29(5,6)7/h21-24H,15-20H2,1-10H3. The predicted octanol–water partition coefficient (Wildman–Crippen LogP) is 8.44. The summed E-state index contributed by atoms with van der Waals surface area (Å²) in [7, 11) is 0. The molecular weight excluding hydrogens is 360 g/mol. The van der Waals surface area contributed by atoms with Crippen LogP contribution >= 0.6 is 0 Å². The molecule has 0 amide bonds. The highest BCUT2D eigenvalue weighted by molar-refractivity contribution is 5.52. The van der Waals surface area contributed by atoms with E-state index < -0.39 is 0 Å². The fourth-order valence-electron chi connectivity index (χ4n) is 3.84. The molecule has 0 aliphatic heterocycles. The monoisotopic (exact) mass is 406 g/mol. The number of rotatable bonds is 8. The van der Waals surface area contributed by atoms with E-state index in [4.69, 9.17) is 0 Å². The van der Waals surface area contributed by atoms with Crippen molar-refractivity contribution in [2.75, 3.05) is 0 Å². The van der Waals surface area contributed by atoms with Gasteiger partial charge in [-0.1, -0.05) is 67.2 Å². The summed E-state index contributed by atoms with van der Waals surface area (Å²) < 4.78 is 0. The van der Waals surface area contributed by atoms with Crippen LogP contribution < -0.4 is 0 Å². The number of hydrogen-bond donors (Lipinski definition) is 0. The predicted molar refractivity (Wildman–Crippen MR) is 135 cm³/mol. The molecule has 0 aromatic heterocycles. The van der Waals surface area contributed by atoms with Gasteiger partial charge in [0.25, 0.3) is 0 Å². The molecule has 0 heterocycles. The molecule has 0 nitrogen and oxygen atoms in total. The van der Waals surface area contributed by atoms with E-state index in [1.165, 1.54) is 47.9 Å². The third kappa shape index (κ3) is 10.4.